The maximum absolute atomic E-state index is 12.3. The molecule has 2 aromatic carbocycles. The van der Waals surface area contributed by atoms with Gasteiger partial charge in [-0.3, -0.25) is 20.2 Å². The van der Waals surface area contributed by atoms with Crippen molar-refractivity contribution in [3.8, 4) is 16.3 Å². The number of aromatic nitrogens is 2. The quantitative estimate of drug-likeness (QED) is 0.555. The number of hydrogen-bond acceptors (Lipinski definition) is 7. The van der Waals surface area contributed by atoms with Gasteiger partial charge in [-0.1, -0.05) is 29.5 Å². The molecule has 1 N–H and O–H groups in total. The SMILES string of the molecule is COc1cccc(C(=O)Nc2nnc(-c3cccc([N+](=O)[O-])c3)s2)c1. The van der Waals surface area contributed by atoms with Gasteiger partial charge in [-0.05, 0) is 18.2 Å². The predicted octanol–water partition coefficient (Wildman–Crippen LogP) is 3.37. The molecule has 0 bridgehead atoms. The van der Waals surface area contributed by atoms with Crippen molar-refractivity contribution in [3.63, 3.8) is 0 Å². The van der Waals surface area contributed by atoms with Gasteiger partial charge in [-0.15, -0.1) is 10.2 Å². The van der Waals surface area contributed by atoms with Gasteiger partial charge in [0.15, 0.2) is 0 Å². The lowest BCUT2D eigenvalue weighted by Crippen LogP contribution is -2.11. The summed E-state index contributed by atoms with van der Waals surface area (Å²) in [5.41, 5.74) is 0.953. The van der Waals surface area contributed by atoms with Crippen molar-refractivity contribution in [1.82, 2.24) is 10.2 Å². The zero-order chi connectivity index (χ0) is 17.8. The highest BCUT2D eigenvalue weighted by Gasteiger charge is 2.14. The standard InChI is InChI=1S/C16H12N4O4S/c1-24-13-7-3-4-10(9-13)14(21)17-16-19-18-15(25-16)11-5-2-6-12(8-11)20(22)23/h2-9H,1H3,(H,17,19,21). The van der Waals surface area contributed by atoms with Gasteiger partial charge in [0, 0.05) is 23.3 Å². The predicted molar refractivity (Wildman–Crippen MR) is 92.9 cm³/mol. The van der Waals surface area contributed by atoms with E-state index in [9.17, 15) is 14.9 Å². The van der Waals surface area contributed by atoms with Gasteiger partial charge in [0.05, 0.1) is 12.0 Å². The van der Waals surface area contributed by atoms with Crippen LogP contribution in [-0.4, -0.2) is 28.1 Å². The molecule has 9 heteroatoms. The summed E-state index contributed by atoms with van der Waals surface area (Å²) in [4.78, 5) is 22.6. The summed E-state index contributed by atoms with van der Waals surface area (Å²) in [5, 5.41) is 22.2. The molecule has 0 saturated carbocycles. The maximum Gasteiger partial charge on any atom is 0.270 e. The Balaban J connectivity index is 1.78. The van der Waals surface area contributed by atoms with E-state index in [4.69, 9.17) is 4.74 Å². The maximum atomic E-state index is 12.3. The molecule has 0 saturated heterocycles. The fraction of sp³-hybridized carbons (Fsp3) is 0.0625. The molecule has 126 valence electrons. The smallest absolute Gasteiger partial charge is 0.270 e. The summed E-state index contributed by atoms with van der Waals surface area (Å²) < 4.78 is 5.09. The number of nitrogens with one attached hydrogen (secondary N) is 1. The molecule has 8 nitrogen and oxygen atoms in total. The van der Waals surface area contributed by atoms with Gasteiger partial charge in [0.2, 0.25) is 5.13 Å². The summed E-state index contributed by atoms with van der Waals surface area (Å²) in [7, 11) is 1.52. The first-order chi connectivity index (χ1) is 12.1. The van der Waals surface area contributed by atoms with Crippen LogP contribution >= 0.6 is 11.3 Å². The van der Waals surface area contributed by atoms with Gasteiger partial charge in [-0.25, -0.2) is 0 Å². The second-order valence-corrected chi connectivity index (χ2v) is 5.88. The number of carbonyl (C=O) groups is 1. The highest BCUT2D eigenvalue weighted by molar-refractivity contribution is 7.18. The Bertz CT molecular complexity index is 941. The minimum atomic E-state index is -0.476. The van der Waals surface area contributed by atoms with Gasteiger partial charge in [0.1, 0.15) is 10.8 Å². The van der Waals surface area contributed by atoms with Crippen LogP contribution in [0.15, 0.2) is 48.5 Å². The van der Waals surface area contributed by atoms with E-state index in [1.807, 2.05) is 0 Å². The molecule has 25 heavy (non-hydrogen) atoms. The highest BCUT2D eigenvalue weighted by atomic mass is 32.1. The first-order valence-corrected chi connectivity index (χ1v) is 7.92. The average Bonchev–Trinajstić information content (AvgIpc) is 3.10. The third kappa shape index (κ3) is 3.78. The van der Waals surface area contributed by atoms with Crippen LogP contribution in [-0.2, 0) is 0 Å². The largest absolute Gasteiger partial charge is 0.497 e. The van der Waals surface area contributed by atoms with Crippen LogP contribution in [0.5, 0.6) is 5.75 Å². The van der Waals surface area contributed by atoms with Gasteiger partial charge in [-0.2, -0.15) is 0 Å². The monoisotopic (exact) mass is 356 g/mol. The van der Waals surface area contributed by atoms with E-state index in [2.05, 4.69) is 15.5 Å². The lowest BCUT2D eigenvalue weighted by atomic mass is 10.2. The molecular formula is C16H12N4O4S. The number of nitrogens with zero attached hydrogens (tertiary/aromatic N) is 3. The number of benzene rings is 2. The molecule has 0 radical (unpaired) electrons. The van der Waals surface area contributed by atoms with Crippen LogP contribution in [0.2, 0.25) is 0 Å². The average molecular weight is 356 g/mol. The van der Waals surface area contributed by atoms with Crippen molar-refractivity contribution >= 4 is 28.1 Å². The molecule has 1 aromatic heterocycles. The van der Waals surface area contributed by atoms with Crippen LogP contribution in [0.4, 0.5) is 10.8 Å². The number of nitro groups is 1. The Hall–Kier alpha value is -3.33. The first-order valence-electron chi connectivity index (χ1n) is 7.10. The van der Waals surface area contributed by atoms with E-state index in [1.54, 1.807) is 36.4 Å². The third-order valence-electron chi connectivity index (χ3n) is 3.28. The Morgan fingerprint density at radius 2 is 2.00 bits per heavy atom. The van der Waals surface area contributed by atoms with Gasteiger partial charge in [0.25, 0.3) is 11.6 Å². The van der Waals surface area contributed by atoms with Crippen molar-refractivity contribution in [1.29, 1.82) is 0 Å². The fourth-order valence-electron chi connectivity index (χ4n) is 2.08. The number of amides is 1. The van der Waals surface area contributed by atoms with Crippen molar-refractivity contribution in [2.75, 3.05) is 12.4 Å². The summed E-state index contributed by atoms with van der Waals surface area (Å²) in [6.07, 6.45) is 0. The first kappa shape index (κ1) is 16.5. The number of ether oxygens (including phenoxy) is 1. The van der Waals surface area contributed by atoms with Crippen LogP contribution < -0.4 is 10.1 Å². The molecule has 0 aliphatic heterocycles. The number of rotatable bonds is 5. The zero-order valence-electron chi connectivity index (χ0n) is 13.0. The molecule has 0 atom stereocenters. The second-order valence-electron chi connectivity index (χ2n) is 4.91. The molecule has 0 spiro atoms. The Morgan fingerprint density at radius 1 is 1.20 bits per heavy atom. The Morgan fingerprint density at radius 3 is 2.76 bits per heavy atom. The van der Waals surface area contributed by atoms with Crippen LogP contribution in [0, 0.1) is 10.1 Å². The molecule has 1 amide bonds. The number of nitro benzene ring substituents is 1. The lowest BCUT2D eigenvalue weighted by molar-refractivity contribution is -0.384. The Labute approximate surface area is 146 Å². The number of anilines is 1. The van der Waals surface area contributed by atoms with Crippen molar-refractivity contribution < 1.29 is 14.5 Å². The van der Waals surface area contributed by atoms with Crippen molar-refractivity contribution in [3.05, 3.63) is 64.2 Å². The van der Waals surface area contributed by atoms with Crippen LogP contribution in [0.1, 0.15) is 10.4 Å². The summed E-state index contributed by atoms with van der Waals surface area (Å²) in [5.74, 6) is 0.225. The lowest BCUT2D eigenvalue weighted by Gasteiger charge is -2.03. The van der Waals surface area contributed by atoms with Crippen LogP contribution in [0.3, 0.4) is 0 Å². The highest BCUT2D eigenvalue weighted by Crippen LogP contribution is 2.29. The summed E-state index contributed by atoms with van der Waals surface area (Å²) in [6.45, 7) is 0. The normalized spacial score (nSPS) is 10.3. The van der Waals surface area contributed by atoms with Gasteiger partial charge < -0.3 is 4.74 Å². The zero-order valence-corrected chi connectivity index (χ0v) is 13.8. The fourth-order valence-corrected chi connectivity index (χ4v) is 2.81. The molecule has 0 aliphatic carbocycles. The minimum absolute atomic E-state index is 0.0327. The molecule has 0 unspecified atom stereocenters. The van der Waals surface area contributed by atoms with Crippen LogP contribution in [0.25, 0.3) is 10.6 Å². The third-order valence-corrected chi connectivity index (χ3v) is 4.17. The van der Waals surface area contributed by atoms with E-state index >= 15 is 0 Å². The van der Waals surface area contributed by atoms with Crippen molar-refractivity contribution in [2.45, 2.75) is 0 Å². The molecule has 0 aliphatic rings. The van der Waals surface area contributed by atoms with Gasteiger partial charge >= 0.3 is 0 Å². The molecule has 1 heterocycles. The van der Waals surface area contributed by atoms with Crippen molar-refractivity contribution in [2.24, 2.45) is 0 Å². The topological polar surface area (TPSA) is 107 Å². The number of carbonyl (C=O) groups excluding carboxylic acids is 1. The molecule has 3 rings (SSSR count). The number of methoxy groups -OCH3 is 1. The minimum Gasteiger partial charge on any atom is -0.497 e. The summed E-state index contributed by atoms with van der Waals surface area (Å²) >= 11 is 1.13. The summed E-state index contributed by atoms with van der Waals surface area (Å²) in [6, 6.07) is 12.8. The molecule has 3 aromatic rings. The number of non-ortho nitro benzene ring substituents is 1. The second kappa shape index (κ2) is 7.05. The van der Waals surface area contributed by atoms with E-state index in [-0.39, 0.29) is 11.6 Å². The van der Waals surface area contributed by atoms with E-state index < -0.39 is 4.92 Å². The van der Waals surface area contributed by atoms with E-state index in [0.29, 0.717) is 27.0 Å². The van der Waals surface area contributed by atoms with E-state index in [1.165, 1.54) is 19.2 Å². The molecular weight excluding hydrogens is 344 g/mol. The number of hydrogen-bond donors (Lipinski definition) is 1. The van der Waals surface area contributed by atoms with E-state index in [0.717, 1.165) is 11.3 Å². The molecule has 0 fully saturated rings. The Kier molecular flexibility index (Phi) is 4.66.